The molecule has 3 heteroatoms. The maximum Gasteiger partial charge on any atom is 0.0579 e. The highest BCUT2D eigenvalue weighted by Crippen LogP contribution is 2.22. The van der Waals surface area contributed by atoms with Gasteiger partial charge < -0.3 is 16.0 Å². The zero-order chi connectivity index (χ0) is 11.4. The minimum absolute atomic E-state index is 0.393. The molecule has 1 atom stereocenters. The zero-order valence-corrected chi connectivity index (χ0v) is 10.0. The number of likely N-dealkylation sites (N-methyl/N-ethyl adjacent to an activating group) is 1. The number of aryl methyl sites for hydroxylation is 1. The minimum Gasteiger partial charge on any atom is -0.397 e. The fourth-order valence-corrected chi connectivity index (χ4v) is 1.67. The van der Waals surface area contributed by atoms with Crippen molar-refractivity contribution in [3.63, 3.8) is 0 Å². The molecular weight excluding hydrogens is 186 g/mol. The Morgan fingerprint density at radius 3 is 2.67 bits per heavy atom. The molecule has 0 aliphatic rings. The molecule has 0 aliphatic carbocycles. The van der Waals surface area contributed by atoms with Crippen molar-refractivity contribution in [2.24, 2.45) is 0 Å². The quantitative estimate of drug-likeness (QED) is 0.741. The second kappa shape index (κ2) is 5.03. The molecule has 0 bridgehead atoms. The first-order valence-electron chi connectivity index (χ1n) is 5.27. The van der Waals surface area contributed by atoms with Gasteiger partial charge in [-0.3, -0.25) is 0 Å². The largest absolute Gasteiger partial charge is 0.397 e. The number of hydrogen-bond acceptors (Lipinski definition) is 3. The maximum atomic E-state index is 5.99. The highest BCUT2D eigenvalue weighted by Gasteiger charge is 2.06. The summed E-state index contributed by atoms with van der Waals surface area (Å²) in [7, 11) is 4.13. The second-order valence-corrected chi connectivity index (χ2v) is 4.34. The number of nitrogens with two attached hydrogens (primary N) is 1. The van der Waals surface area contributed by atoms with E-state index in [4.69, 9.17) is 5.73 Å². The number of nitrogens with one attached hydrogen (secondary N) is 1. The molecular formula is C12H21N3. The van der Waals surface area contributed by atoms with Crippen molar-refractivity contribution >= 4 is 11.4 Å². The van der Waals surface area contributed by atoms with Crippen molar-refractivity contribution in [3.05, 3.63) is 23.8 Å². The molecule has 1 aromatic carbocycles. The summed E-state index contributed by atoms with van der Waals surface area (Å²) in [5, 5.41) is 3.42. The average Bonchev–Trinajstić information content (AvgIpc) is 2.11. The standard InChI is InChI=1S/C12H21N3/c1-9-6-5-7-11(12(9)13)14-10(2)8-15(3)4/h5-7,10,14H,8,13H2,1-4H3. The summed E-state index contributed by atoms with van der Waals surface area (Å²) < 4.78 is 0. The average molecular weight is 207 g/mol. The highest BCUT2D eigenvalue weighted by molar-refractivity contribution is 5.69. The molecule has 0 spiro atoms. The molecule has 0 heterocycles. The van der Waals surface area contributed by atoms with Crippen LogP contribution in [0.25, 0.3) is 0 Å². The summed E-state index contributed by atoms with van der Waals surface area (Å²) in [4.78, 5) is 2.16. The van der Waals surface area contributed by atoms with Crippen LogP contribution in [0.3, 0.4) is 0 Å². The van der Waals surface area contributed by atoms with E-state index in [2.05, 4.69) is 31.2 Å². The Morgan fingerprint density at radius 2 is 2.07 bits per heavy atom. The fraction of sp³-hybridized carbons (Fsp3) is 0.500. The van der Waals surface area contributed by atoms with Gasteiger partial charge in [-0.1, -0.05) is 12.1 Å². The molecule has 0 aromatic heterocycles. The molecule has 84 valence electrons. The lowest BCUT2D eigenvalue weighted by Crippen LogP contribution is -2.29. The van der Waals surface area contributed by atoms with Crippen LogP contribution in [0.5, 0.6) is 0 Å². The van der Waals surface area contributed by atoms with Crippen LogP contribution in [0, 0.1) is 6.92 Å². The van der Waals surface area contributed by atoms with Gasteiger partial charge in [0.25, 0.3) is 0 Å². The van der Waals surface area contributed by atoms with Gasteiger partial charge in [0.2, 0.25) is 0 Å². The van der Waals surface area contributed by atoms with Crippen LogP contribution in [0.15, 0.2) is 18.2 Å². The third-order valence-corrected chi connectivity index (χ3v) is 2.37. The van der Waals surface area contributed by atoms with Crippen molar-refractivity contribution in [2.75, 3.05) is 31.7 Å². The van der Waals surface area contributed by atoms with Gasteiger partial charge >= 0.3 is 0 Å². The SMILES string of the molecule is Cc1cccc(NC(C)CN(C)C)c1N. The van der Waals surface area contributed by atoms with E-state index in [1.165, 1.54) is 0 Å². The fourth-order valence-electron chi connectivity index (χ4n) is 1.67. The molecule has 0 aliphatic heterocycles. The summed E-state index contributed by atoms with van der Waals surface area (Å²) in [6, 6.07) is 6.46. The van der Waals surface area contributed by atoms with Gasteiger partial charge in [0.15, 0.2) is 0 Å². The molecule has 3 N–H and O–H groups in total. The topological polar surface area (TPSA) is 41.3 Å². The van der Waals surface area contributed by atoms with Gasteiger partial charge in [0.1, 0.15) is 0 Å². The molecule has 1 rings (SSSR count). The summed E-state index contributed by atoms with van der Waals surface area (Å²) in [5.74, 6) is 0. The van der Waals surface area contributed by atoms with E-state index in [1.807, 2.05) is 25.1 Å². The predicted molar refractivity (Wildman–Crippen MR) is 67.2 cm³/mol. The number of anilines is 2. The predicted octanol–water partition coefficient (Wildman–Crippen LogP) is 1.94. The van der Waals surface area contributed by atoms with Gasteiger partial charge in [0.05, 0.1) is 11.4 Å². The van der Waals surface area contributed by atoms with Crippen LogP contribution in [0.1, 0.15) is 12.5 Å². The summed E-state index contributed by atoms with van der Waals surface area (Å²) in [5.41, 5.74) is 8.99. The summed E-state index contributed by atoms with van der Waals surface area (Å²) in [6.45, 7) is 5.17. The Kier molecular flexibility index (Phi) is 3.97. The van der Waals surface area contributed by atoms with E-state index >= 15 is 0 Å². The van der Waals surface area contributed by atoms with Crippen LogP contribution in [0.2, 0.25) is 0 Å². The van der Waals surface area contributed by atoms with E-state index in [-0.39, 0.29) is 0 Å². The van der Waals surface area contributed by atoms with E-state index in [1.54, 1.807) is 0 Å². The number of nitrogens with zero attached hydrogens (tertiary/aromatic N) is 1. The first kappa shape index (κ1) is 11.9. The number of rotatable bonds is 4. The van der Waals surface area contributed by atoms with Crippen LogP contribution in [-0.2, 0) is 0 Å². The van der Waals surface area contributed by atoms with Crippen molar-refractivity contribution in [1.82, 2.24) is 4.90 Å². The molecule has 15 heavy (non-hydrogen) atoms. The second-order valence-electron chi connectivity index (χ2n) is 4.34. The van der Waals surface area contributed by atoms with Crippen LogP contribution in [0.4, 0.5) is 11.4 Å². The number of nitrogen functional groups attached to an aromatic ring is 1. The van der Waals surface area contributed by atoms with Crippen LogP contribution in [-0.4, -0.2) is 31.6 Å². The highest BCUT2D eigenvalue weighted by atomic mass is 15.1. The van der Waals surface area contributed by atoms with Crippen molar-refractivity contribution < 1.29 is 0 Å². The Balaban J connectivity index is 2.68. The van der Waals surface area contributed by atoms with Gasteiger partial charge in [-0.05, 0) is 39.6 Å². The van der Waals surface area contributed by atoms with Crippen molar-refractivity contribution in [2.45, 2.75) is 19.9 Å². The van der Waals surface area contributed by atoms with Gasteiger partial charge in [-0.2, -0.15) is 0 Å². The summed E-state index contributed by atoms with van der Waals surface area (Å²) in [6.07, 6.45) is 0. The molecule has 1 aromatic rings. The van der Waals surface area contributed by atoms with E-state index in [0.717, 1.165) is 23.5 Å². The van der Waals surface area contributed by atoms with E-state index in [0.29, 0.717) is 6.04 Å². The van der Waals surface area contributed by atoms with Crippen LogP contribution >= 0.6 is 0 Å². The number of benzene rings is 1. The Labute approximate surface area is 92.3 Å². The smallest absolute Gasteiger partial charge is 0.0579 e. The summed E-state index contributed by atoms with van der Waals surface area (Å²) >= 11 is 0. The molecule has 0 fully saturated rings. The third-order valence-electron chi connectivity index (χ3n) is 2.37. The normalized spacial score (nSPS) is 12.9. The molecule has 3 nitrogen and oxygen atoms in total. The lowest BCUT2D eigenvalue weighted by atomic mass is 10.1. The van der Waals surface area contributed by atoms with Crippen LogP contribution < -0.4 is 11.1 Å². The van der Waals surface area contributed by atoms with E-state index in [9.17, 15) is 0 Å². The van der Waals surface area contributed by atoms with Crippen molar-refractivity contribution in [1.29, 1.82) is 0 Å². The van der Waals surface area contributed by atoms with Gasteiger partial charge in [-0.25, -0.2) is 0 Å². The molecule has 0 amide bonds. The van der Waals surface area contributed by atoms with Crippen molar-refractivity contribution in [3.8, 4) is 0 Å². The molecule has 0 saturated heterocycles. The van der Waals surface area contributed by atoms with E-state index < -0.39 is 0 Å². The third kappa shape index (κ3) is 3.44. The number of para-hydroxylation sites is 1. The maximum absolute atomic E-state index is 5.99. The lowest BCUT2D eigenvalue weighted by Gasteiger charge is -2.20. The monoisotopic (exact) mass is 207 g/mol. The lowest BCUT2D eigenvalue weighted by molar-refractivity contribution is 0.392. The molecule has 1 unspecified atom stereocenters. The first-order valence-corrected chi connectivity index (χ1v) is 5.27. The number of hydrogen-bond donors (Lipinski definition) is 2. The van der Waals surface area contributed by atoms with Gasteiger partial charge in [0, 0.05) is 12.6 Å². The minimum atomic E-state index is 0.393. The van der Waals surface area contributed by atoms with Gasteiger partial charge in [-0.15, -0.1) is 0 Å². The molecule has 0 radical (unpaired) electrons. The Morgan fingerprint density at radius 1 is 1.40 bits per heavy atom. The Bertz CT molecular complexity index is 321. The Hall–Kier alpha value is -1.22. The first-order chi connectivity index (χ1) is 7.00. The zero-order valence-electron chi connectivity index (χ0n) is 10.0. The molecule has 0 saturated carbocycles.